The van der Waals surface area contributed by atoms with Crippen LogP contribution in [0.15, 0.2) is 47.8 Å². The molecule has 4 aliphatic heterocycles. The number of methoxy groups -OCH3 is 2. The molecule has 326 valence electrons. The molecule has 11 atom stereocenters. The summed E-state index contributed by atoms with van der Waals surface area (Å²) < 4.78 is 46.8. The van der Waals surface area contributed by atoms with E-state index in [1.54, 1.807) is 39.8 Å². The van der Waals surface area contributed by atoms with Crippen LogP contribution in [0.3, 0.4) is 0 Å². The molecule has 0 aromatic heterocycles. The molecule has 3 saturated heterocycles. The number of esters is 4. The zero-order valence-corrected chi connectivity index (χ0v) is 35.1. The summed E-state index contributed by atoms with van der Waals surface area (Å²) in [6.45, 7) is 14.6. The van der Waals surface area contributed by atoms with Crippen molar-refractivity contribution in [2.75, 3.05) is 14.2 Å². The van der Waals surface area contributed by atoms with E-state index in [4.69, 9.17) is 37.9 Å². The maximum Gasteiger partial charge on any atom is 0.330 e. The zero-order chi connectivity index (χ0) is 43.4. The Morgan fingerprint density at radius 3 is 2.10 bits per heavy atom. The lowest BCUT2D eigenvalue weighted by Gasteiger charge is -2.53. The molecule has 4 rings (SSSR count). The van der Waals surface area contributed by atoms with Gasteiger partial charge < -0.3 is 58.3 Å². The second-order valence-corrected chi connectivity index (χ2v) is 17.0. The molecule has 0 radical (unpaired) electrons. The first-order valence-corrected chi connectivity index (χ1v) is 19.7. The summed E-state index contributed by atoms with van der Waals surface area (Å²) in [7, 11) is 2.44. The van der Waals surface area contributed by atoms with Crippen LogP contribution in [0.4, 0.5) is 0 Å². The van der Waals surface area contributed by atoms with Crippen LogP contribution in [0, 0.1) is 10.8 Å². The van der Waals surface area contributed by atoms with Crippen LogP contribution < -0.4 is 0 Å². The number of carbonyl (C=O) groups excluding carboxylic acids is 4. The van der Waals surface area contributed by atoms with Crippen LogP contribution in [-0.4, -0.2) is 125 Å². The fraction of sp³-hybridized carbons (Fsp3) is 0.714. The molecule has 0 aromatic rings. The number of carbonyl (C=O) groups is 4. The minimum Gasteiger partial charge on any atom is -0.493 e. The van der Waals surface area contributed by atoms with Crippen molar-refractivity contribution < 1.29 is 77.5 Å². The Balaban J connectivity index is 1.88. The van der Waals surface area contributed by atoms with Gasteiger partial charge in [0.05, 0.1) is 62.0 Å². The first-order chi connectivity index (χ1) is 26.9. The number of aliphatic hydroxyl groups is 4. The Morgan fingerprint density at radius 2 is 1.50 bits per heavy atom. The van der Waals surface area contributed by atoms with Gasteiger partial charge in [0.2, 0.25) is 5.79 Å². The SMILES string of the molecule is C=C1CC(O)CC2CC(OC(C)=O)C(C)(C)C(O)(CC3C/C(=C/C(=O)OC)CC(/C=C/C(C)(C)C4(O)OC(C/C(=C\C(=O)OC)C4OC(C)=O)CC(C(C)O)O1)O3)O2. The topological polar surface area (TPSA) is 223 Å². The number of ether oxygens (including phenoxy) is 8. The number of fused-ring (bicyclic) bond motifs is 6. The molecule has 0 spiro atoms. The third kappa shape index (κ3) is 11.1. The zero-order valence-electron chi connectivity index (χ0n) is 35.1. The van der Waals surface area contributed by atoms with E-state index in [2.05, 4.69) is 6.58 Å². The molecule has 3 fully saturated rings. The summed E-state index contributed by atoms with van der Waals surface area (Å²) in [6.07, 6.45) is -2.79. The molecule has 4 heterocycles. The third-order valence-corrected chi connectivity index (χ3v) is 11.6. The van der Waals surface area contributed by atoms with E-state index in [9.17, 15) is 39.6 Å². The van der Waals surface area contributed by atoms with Crippen molar-refractivity contribution in [2.45, 2.75) is 166 Å². The van der Waals surface area contributed by atoms with Crippen molar-refractivity contribution in [3.05, 3.63) is 47.8 Å². The van der Waals surface area contributed by atoms with Crippen LogP contribution in [0.5, 0.6) is 0 Å². The second-order valence-electron chi connectivity index (χ2n) is 17.0. The molecule has 11 unspecified atom stereocenters. The number of rotatable bonds is 5. The van der Waals surface area contributed by atoms with Crippen molar-refractivity contribution in [3.8, 4) is 0 Å². The molecular formula is C42H62O16. The van der Waals surface area contributed by atoms with Crippen LogP contribution >= 0.6 is 0 Å². The molecule has 6 bridgehead atoms. The van der Waals surface area contributed by atoms with Gasteiger partial charge >= 0.3 is 23.9 Å². The summed E-state index contributed by atoms with van der Waals surface area (Å²) in [6, 6.07) is 0. The van der Waals surface area contributed by atoms with Gasteiger partial charge in [-0.05, 0) is 31.8 Å². The van der Waals surface area contributed by atoms with Gasteiger partial charge in [-0.25, -0.2) is 9.59 Å². The molecular weight excluding hydrogens is 760 g/mol. The summed E-state index contributed by atoms with van der Waals surface area (Å²) >= 11 is 0. The maximum absolute atomic E-state index is 12.7. The minimum absolute atomic E-state index is 0.0185. The monoisotopic (exact) mass is 822 g/mol. The molecule has 0 aliphatic carbocycles. The lowest BCUT2D eigenvalue weighted by Crippen LogP contribution is -2.62. The van der Waals surface area contributed by atoms with E-state index in [0.717, 1.165) is 13.0 Å². The molecule has 4 aliphatic rings. The average molecular weight is 823 g/mol. The molecule has 0 amide bonds. The van der Waals surface area contributed by atoms with E-state index >= 15 is 0 Å². The number of aliphatic hydroxyl groups excluding tert-OH is 2. The Labute approximate surface area is 340 Å². The predicted molar refractivity (Wildman–Crippen MR) is 205 cm³/mol. The van der Waals surface area contributed by atoms with Crippen molar-refractivity contribution in [1.82, 2.24) is 0 Å². The van der Waals surface area contributed by atoms with Crippen LogP contribution in [0.25, 0.3) is 0 Å². The Kier molecular flexibility index (Phi) is 15.2. The highest BCUT2D eigenvalue weighted by atomic mass is 16.7. The fourth-order valence-electron chi connectivity index (χ4n) is 8.22. The van der Waals surface area contributed by atoms with Gasteiger partial charge in [-0.2, -0.15) is 0 Å². The summed E-state index contributed by atoms with van der Waals surface area (Å²) in [5, 5.41) is 47.3. The predicted octanol–water partition coefficient (Wildman–Crippen LogP) is 3.37. The average Bonchev–Trinajstić information content (AvgIpc) is 3.09. The first-order valence-electron chi connectivity index (χ1n) is 19.7. The smallest absolute Gasteiger partial charge is 0.330 e. The molecule has 4 N–H and O–H groups in total. The second kappa shape index (κ2) is 18.7. The largest absolute Gasteiger partial charge is 0.493 e. The van der Waals surface area contributed by atoms with Crippen molar-refractivity contribution in [2.24, 2.45) is 10.8 Å². The Bertz CT molecular complexity index is 1630. The van der Waals surface area contributed by atoms with E-state index < -0.39 is 101 Å². The van der Waals surface area contributed by atoms with Crippen LogP contribution in [0.2, 0.25) is 0 Å². The molecule has 0 saturated carbocycles. The van der Waals surface area contributed by atoms with Gasteiger partial charge in [-0.1, -0.05) is 52.0 Å². The van der Waals surface area contributed by atoms with Gasteiger partial charge in [-0.3, -0.25) is 9.59 Å². The Hall–Kier alpha value is -3.64. The normalized spacial score (nSPS) is 38.0. The minimum atomic E-state index is -2.34. The summed E-state index contributed by atoms with van der Waals surface area (Å²) in [4.78, 5) is 50.0. The van der Waals surface area contributed by atoms with E-state index in [1.807, 2.05) is 0 Å². The van der Waals surface area contributed by atoms with Gasteiger partial charge in [0.15, 0.2) is 11.9 Å². The number of hydrogen-bond acceptors (Lipinski definition) is 16. The summed E-state index contributed by atoms with van der Waals surface area (Å²) in [5.41, 5.74) is -1.78. The highest BCUT2D eigenvalue weighted by Gasteiger charge is 2.59. The third-order valence-electron chi connectivity index (χ3n) is 11.6. The summed E-state index contributed by atoms with van der Waals surface area (Å²) in [5.74, 6) is -6.89. The Morgan fingerprint density at radius 1 is 0.862 bits per heavy atom. The van der Waals surface area contributed by atoms with E-state index in [1.165, 1.54) is 34.1 Å². The lowest BCUT2D eigenvalue weighted by atomic mass is 9.70. The molecule has 58 heavy (non-hydrogen) atoms. The van der Waals surface area contributed by atoms with Crippen LogP contribution in [-0.2, 0) is 57.1 Å². The number of hydrogen-bond donors (Lipinski definition) is 4. The van der Waals surface area contributed by atoms with E-state index in [-0.39, 0.29) is 62.7 Å². The highest BCUT2D eigenvalue weighted by molar-refractivity contribution is 5.83. The van der Waals surface area contributed by atoms with Crippen molar-refractivity contribution in [3.63, 3.8) is 0 Å². The van der Waals surface area contributed by atoms with Gasteiger partial charge in [0.25, 0.3) is 0 Å². The standard InChI is InChI=1S/C42H62O16/c1-23-13-29(46)19-32-21-35(54-25(3)44)40(7,8)41(49,57-32)22-33-15-27(16-36(47)51-9)14-30(56-33)11-12-39(5,6)42(50)38(55-26(4)45)28(18-37(48)52-10)17-31(58-42)20-34(53-23)24(2)43/h11-12,16,18,24,29-35,38,43,46,49-50H,1,13-15,17,19-22H2,2-10H3/b12-11+,27-16+,28-18+. The molecule has 0 aromatic carbocycles. The first kappa shape index (κ1) is 47.0. The fourth-order valence-corrected chi connectivity index (χ4v) is 8.22. The molecule has 16 nitrogen and oxygen atoms in total. The van der Waals surface area contributed by atoms with Crippen molar-refractivity contribution >= 4 is 23.9 Å². The molecule has 16 heteroatoms. The van der Waals surface area contributed by atoms with Crippen molar-refractivity contribution in [1.29, 1.82) is 0 Å². The van der Waals surface area contributed by atoms with Gasteiger partial charge in [0, 0.05) is 63.5 Å². The highest BCUT2D eigenvalue weighted by Crippen LogP contribution is 2.50. The van der Waals surface area contributed by atoms with Crippen LogP contribution in [0.1, 0.15) is 99.8 Å². The van der Waals surface area contributed by atoms with Gasteiger partial charge in [0.1, 0.15) is 12.2 Å². The van der Waals surface area contributed by atoms with Gasteiger partial charge in [-0.15, -0.1) is 0 Å². The lowest BCUT2D eigenvalue weighted by molar-refractivity contribution is -0.348. The maximum atomic E-state index is 12.7. The quantitative estimate of drug-likeness (QED) is 0.135. The van der Waals surface area contributed by atoms with E-state index in [0.29, 0.717) is 5.57 Å².